The van der Waals surface area contributed by atoms with Gasteiger partial charge in [0.1, 0.15) is 11.5 Å². The fourth-order valence-corrected chi connectivity index (χ4v) is 5.98. The summed E-state index contributed by atoms with van der Waals surface area (Å²) in [4.78, 5) is 2.85. The summed E-state index contributed by atoms with van der Waals surface area (Å²) in [5.74, 6) is 2.82. The Morgan fingerprint density at radius 1 is 1.26 bits per heavy atom. The van der Waals surface area contributed by atoms with Gasteiger partial charge in [-0.1, -0.05) is 13.0 Å². The molecule has 2 bridgehead atoms. The first-order valence-corrected chi connectivity index (χ1v) is 10.7. The summed E-state index contributed by atoms with van der Waals surface area (Å²) in [6.07, 6.45) is 10.6. The van der Waals surface area contributed by atoms with Crippen molar-refractivity contribution in [3.05, 3.63) is 53.5 Å². The number of benzene rings is 1. The van der Waals surface area contributed by atoms with Crippen molar-refractivity contribution in [1.82, 2.24) is 4.90 Å². The molecule has 3 atom stereocenters. The van der Waals surface area contributed by atoms with Gasteiger partial charge in [-0.2, -0.15) is 0 Å². The van der Waals surface area contributed by atoms with Crippen LogP contribution in [0.5, 0.6) is 5.75 Å². The van der Waals surface area contributed by atoms with Crippen LogP contribution in [0.25, 0.3) is 0 Å². The topological polar surface area (TPSA) is 25.6 Å². The zero-order valence-electron chi connectivity index (χ0n) is 16.6. The van der Waals surface area contributed by atoms with Crippen LogP contribution in [-0.4, -0.2) is 30.6 Å². The van der Waals surface area contributed by atoms with E-state index in [0.29, 0.717) is 12.0 Å². The zero-order valence-corrected chi connectivity index (χ0v) is 16.6. The molecular weight excluding hydrogens is 334 g/mol. The summed E-state index contributed by atoms with van der Waals surface area (Å²) >= 11 is 0. The Kier molecular flexibility index (Phi) is 4.31. The first-order chi connectivity index (χ1) is 13.2. The second-order valence-electron chi connectivity index (χ2n) is 8.89. The molecule has 2 aliphatic carbocycles. The van der Waals surface area contributed by atoms with Gasteiger partial charge in [-0.25, -0.2) is 0 Å². The molecule has 144 valence electrons. The highest BCUT2D eigenvalue weighted by Crippen LogP contribution is 2.53. The highest BCUT2D eigenvalue weighted by atomic mass is 16.5. The number of hydrogen-bond donors (Lipinski definition) is 0. The lowest BCUT2D eigenvalue weighted by molar-refractivity contribution is 0.0121. The Bertz CT molecular complexity index is 795. The van der Waals surface area contributed by atoms with Crippen LogP contribution in [0.2, 0.25) is 0 Å². The second-order valence-corrected chi connectivity index (χ2v) is 8.89. The molecule has 0 radical (unpaired) electrons. The Balaban J connectivity index is 1.48. The highest BCUT2D eigenvalue weighted by molar-refractivity contribution is 5.45. The molecule has 0 N–H and O–H groups in total. The van der Waals surface area contributed by atoms with Crippen molar-refractivity contribution in [2.24, 2.45) is 5.92 Å². The van der Waals surface area contributed by atoms with Crippen LogP contribution in [0, 0.1) is 5.92 Å². The predicted molar refractivity (Wildman–Crippen MR) is 107 cm³/mol. The smallest absolute Gasteiger partial charge is 0.119 e. The van der Waals surface area contributed by atoms with Crippen LogP contribution in [-0.2, 0) is 18.3 Å². The van der Waals surface area contributed by atoms with Crippen LogP contribution < -0.4 is 4.74 Å². The molecule has 2 aromatic rings. The van der Waals surface area contributed by atoms with E-state index in [1.165, 1.54) is 45.1 Å². The van der Waals surface area contributed by atoms with Gasteiger partial charge in [0.25, 0.3) is 0 Å². The third kappa shape index (κ3) is 2.91. The quantitative estimate of drug-likeness (QED) is 0.722. The Morgan fingerprint density at radius 3 is 2.89 bits per heavy atom. The summed E-state index contributed by atoms with van der Waals surface area (Å²) in [6.45, 7) is 3.78. The maximum Gasteiger partial charge on any atom is 0.119 e. The third-order valence-electron chi connectivity index (χ3n) is 7.62. The number of piperidine rings is 1. The summed E-state index contributed by atoms with van der Waals surface area (Å²) in [5.41, 5.74) is 3.41. The number of methoxy groups -OCH3 is 1. The van der Waals surface area contributed by atoms with Crippen LogP contribution in [0.15, 0.2) is 41.0 Å². The van der Waals surface area contributed by atoms with Gasteiger partial charge in [0.2, 0.25) is 0 Å². The van der Waals surface area contributed by atoms with Gasteiger partial charge in [-0.05, 0) is 86.4 Å². The minimum absolute atomic E-state index is 0.283. The van der Waals surface area contributed by atoms with E-state index in [4.69, 9.17) is 9.15 Å². The SMILES string of the molecule is COc1ccc2c(c1)[C@@]1(CCCc3ccco3)CCN(C3CC3)C(C2)[C@@H]1C. The van der Waals surface area contributed by atoms with Crippen molar-refractivity contribution in [3.63, 3.8) is 0 Å². The van der Waals surface area contributed by atoms with Crippen molar-refractivity contribution >= 4 is 0 Å². The van der Waals surface area contributed by atoms with Crippen molar-refractivity contribution in [2.45, 2.75) is 69.4 Å². The number of hydrogen-bond acceptors (Lipinski definition) is 3. The molecular formula is C24H31NO2. The maximum atomic E-state index is 5.61. The molecule has 1 aliphatic heterocycles. The molecule has 1 aromatic carbocycles. The van der Waals surface area contributed by atoms with Crippen molar-refractivity contribution in [3.8, 4) is 5.75 Å². The number of likely N-dealkylation sites (tertiary alicyclic amines) is 1. The third-order valence-corrected chi connectivity index (χ3v) is 7.62. The van der Waals surface area contributed by atoms with Gasteiger partial charge in [-0.15, -0.1) is 0 Å². The van der Waals surface area contributed by atoms with Gasteiger partial charge in [0, 0.05) is 23.9 Å². The van der Waals surface area contributed by atoms with Crippen LogP contribution in [0.1, 0.15) is 55.9 Å². The van der Waals surface area contributed by atoms with E-state index >= 15 is 0 Å². The molecule has 0 spiro atoms. The maximum absolute atomic E-state index is 5.61. The van der Waals surface area contributed by atoms with E-state index in [1.54, 1.807) is 24.5 Å². The number of ether oxygens (including phenoxy) is 1. The van der Waals surface area contributed by atoms with E-state index < -0.39 is 0 Å². The molecule has 27 heavy (non-hydrogen) atoms. The number of rotatable bonds is 6. The number of furan rings is 1. The summed E-state index contributed by atoms with van der Waals surface area (Å²) in [7, 11) is 1.79. The van der Waals surface area contributed by atoms with Gasteiger partial charge in [-0.3, -0.25) is 4.90 Å². The minimum atomic E-state index is 0.283. The summed E-state index contributed by atoms with van der Waals surface area (Å²) < 4.78 is 11.2. The zero-order chi connectivity index (χ0) is 18.4. The lowest BCUT2D eigenvalue weighted by Crippen LogP contribution is -2.59. The van der Waals surface area contributed by atoms with Gasteiger partial charge >= 0.3 is 0 Å². The highest BCUT2D eigenvalue weighted by Gasteiger charge is 2.53. The molecule has 3 heteroatoms. The number of fused-ring (bicyclic) bond motifs is 4. The first-order valence-electron chi connectivity index (χ1n) is 10.7. The average molecular weight is 366 g/mol. The van der Waals surface area contributed by atoms with Crippen LogP contribution in [0.4, 0.5) is 0 Å². The van der Waals surface area contributed by atoms with Crippen LogP contribution in [0.3, 0.4) is 0 Å². The second kappa shape index (κ2) is 6.70. The molecule has 5 rings (SSSR count). The van der Waals surface area contributed by atoms with Crippen molar-refractivity contribution in [1.29, 1.82) is 0 Å². The lowest BCUT2D eigenvalue weighted by Gasteiger charge is -2.56. The molecule has 0 amide bonds. The van der Waals surface area contributed by atoms with E-state index in [1.807, 2.05) is 6.07 Å². The van der Waals surface area contributed by atoms with Crippen LogP contribution >= 0.6 is 0 Å². The molecule has 1 aromatic heterocycles. The van der Waals surface area contributed by atoms with E-state index in [2.05, 4.69) is 36.1 Å². The molecule has 3 aliphatic rings. The van der Waals surface area contributed by atoms with Gasteiger partial charge < -0.3 is 9.15 Å². The Labute approximate surface area is 162 Å². The number of aryl methyl sites for hydroxylation is 1. The Hall–Kier alpha value is -1.74. The first kappa shape index (κ1) is 17.4. The predicted octanol–water partition coefficient (Wildman–Crippen LogP) is 4.98. The molecule has 1 unspecified atom stereocenters. The molecule has 1 saturated carbocycles. The van der Waals surface area contributed by atoms with E-state index in [9.17, 15) is 0 Å². The summed E-state index contributed by atoms with van der Waals surface area (Å²) in [6, 6.07) is 12.5. The van der Waals surface area contributed by atoms with E-state index in [-0.39, 0.29) is 5.41 Å². The lowest BCUT2D eigenvalue weighted by atomic mass is 9.56. The standard InChI is InChI=1S/C24H31NO2/c1-17-23-15-18-7-10-21(26-2)16-22(18)24(17,12-13-25(23)19-8-9-19)11-3-5-20-6-4-14-27-20/h4,6-7,10,14,16-17,19,23H,3,5,8-9,11-13,15H2,1-2H3/t17-,23?,24-/m0/s1. The fourth-order valence-electron chi connectivity index (χ4n) is 5.98. The summed E-state index contributed by atoms with van der Waals surface area (Å²) in [5, 5.41) is 0. The van der Waals surface area contributed by atoms with Crippen molar-refractivity contribution in [2.75, 3.05) is 13.7 Å². The molecule has 2 heterocycles. The largest absolute Gasteiger partial charge is 0.497 e. The fraction of sp³-hybridized carbons (Fsp3) is 0.583. The molecule has 3 nitrogen and oxygen atoms in total. The van der Waals surface area contributed by atoms with Gasteiger partial charge in [0.05, 0.1) is 13.4 Å². The average Bonchev–Trinajstić information content (AvgIpc) is 3.39. The normalized spacial score (nSPS) is 30.1. The Morgan fingerprint density at radius 2 is 2.15 bits per heavy atom. The monoisotopic (exact) mass is 365 g/mol. The van der Waals surface area contributed by atoms with E-state index in [0.717, 1.165) is 24.0 Å². The van der Waals surface area contributed by atoms with Gasteiger partial charge in [0.15, 0.2) is 0 Å². The van der Waals surface area contributed by atoms with Crippen molar-refractivity contribution < 1.29 is 9.15 Å². The minimum Gasteiger partial charge on any atom is -0.497 e. The number of nitrogens with zero attached hydrogens (tertiary/aromatic N) is 1. The molecule has 1 saturated heterocycles. The molecule has 2 fully saturated rings.